The summed E-state index contributed by atoms with van der Waals surface area (Å²) in [7, 11) is 1.65. The largest absolute Gasteiger partial charge is 0.497 e. The van der Waals surface area contributed by atoms with Crippen LogP contribution in [0.3, 0.4) is 0 Å². The van der Waals surface area contributed by atoms with Crippen LogP contribution in [0.25, 0.3) is 0 Å². The molecule has 23 heavy (non-hydrogen) atoms. The van der Waals surface area contributed by atoms with Crippen molar-refractivity contribution >= 4 is 0 Å². The van der Waals surface area contributed by atoms with Crippen molar-refractivity contribution in [1.82, 2.24) is 0 Å². The van der Waals surface area contributed by atoms with E-state index in [1.807, 2.05) is 43.3 Å². The topological polar surface area (TPSA) is 40.8 Å². The molecule has 0 aliphatic rings. The van der Waals surface area contributed by atoms with E-state index in [1.165, 1.54) is 0 Å². The van der Waals surface area contributed by atoms with E-state index in [2.05, 4.69) is 5.92 Å². The number of rotatable bonds is 9. The smallest absolute Gasteiger partial charge is 0.133 e. The molecule has 0 saturated carbocycles. The molecule has 2 aromatic rings. The Bertz CT molecular complexity index is 622. The van der Waals surface area contributed by atoms with Gasteiger partial charge in [0.05, 0.1) is 13.7 Å². The summed E-state index contributed by atoms with van der Waals surface area (Å²) in [5.74, 6) is 4.96. The van der Waals surface area contributed by atoms with Gasteiger partial charge in [0, 0.05) is 13.0 Å². The lowest BCUT2D eigenvalue weighted by molar-refractivity contribution is 0.0204. The Labute approximate surface area is 137 Å². The van der Waals surface area contributed by atoms with Crippen LogP contribution in [0.1, 0.15) is 29.6 Å². The Morgan fingerprint density at radius 2 is 1.96 bits per heavy atom. The van der Waals surface area contributed by atoms with E-state index in [9.17, 15) is 0 Å². The molecule has 122 valence electrons. The Hall–Kier alpha value is -2.22. The Morgan fingerprint density at radius 3 is 2.57 bits per heavy atom. The summed E-state index contributed by atoms with van der Waals surface area (Å²) >= 11 is 0. The monoisotopic (exact) mass is 314 g/mol. The first kappa shape index (κ1) is 17.1. The number of terminal acetylenes is 1. The van der Waals surface area contributed by atoms with Crippen LogP contribution in [0.4, 0.5) is 0 Å². The molecule has 1 heterocycles. The van der Waals surface area contributed by atoms with Gasteiger partial charge in [-0.2, -0.15) is 0 Å². The Morgan fingerprint density at radius 1 is 1.17 bits per heavy atom. The highest BCUT2D eigenvalue weighted by atomic mass is 16.5. The summed E-state index contributed by atoms with van der Waals surface area (Å²) in [6.45, 7) is 3.26. The minimum absolute atomic E-state index is 0.185. The predicted octanol–water partition coefficient (Wildman–Crippen LogP) is 3.89. The minimum atomic E-state index is -0.185. The number of furan rings is 1. The van der Waals surface area contributed by atoms with Gasteiger partial charge in [-0.3, -0.25) is 0 Å². The highest BCUT2D eigenvalue weighted by Gasteiger charge is 2.15. The average Bonchev–Trinajstić information content (AvgIpc) is 3.01. The highest BCUT2D eigenvalue weighted by molar-refractivity contribution is 5.26. The molecule has 0 N–H and O–H groups in total. The van der Waals surface area contributed by atoms with Gasteiger partial charge in [-0.15, -0.1) is 6.42 Å². The Balaban J connectivity index is 1.80. The number of aryl methyl sites for hydroxylation is 1. The third-order valence-corrected chi connectivity index (χ3v) is 3.40. The quantitative estimate of drug-likeness (QED) is 0.520. The van der Waals surface area contributed by atoms with Crippen molar-refractivity contribution in [3.8, 4) is 18.1 Å². The number of hydrogen-bond acceptors (Lipinski definition) is 4. The molecule has 2 rings (SSSR count). The van der Waals surface area contributed by atoms with E-state index in [4.69, 9.17) is 25.1 Å². The highest BCUT2D eigenvalue weighted by Crippen LogP contribution is 2.23. The van der Waals surface area contributed by atoms with Crippen LogP contribution in [-0.4, -0.2) is 20.3 Å². The lowest BCUT2D eigenvalue weighted by atomic mass is 10.2. The normalized spacial score (nSPS) is 11.9. The molecule has 0 aliphatic carbocycles. The summed E-state index contributed by atoms with van der Waals surface area (Å²) in [4.78, 5) is 0. The van der Waals surface area contributed by atoms with Crippen molar-refractivity contribution in [2.75, 3.05) is 20.3 Å². The number of ether oxygens (including phenoxy) is 3. The lowest BCUT2D eigenvalue weighted by Crippen LogP contribution is -2.08. The van der Waals surface area contributed by atoms with E-state index in [-0.39, 0.29) is 12.7 Å². The van der Waals surface area contributed by atoms with Crippen LogP contribution in [0, 0.1) is 19.3 Å². The first-order chi connectivity index (χ1) is 11.2. The van der Waals surface area contributed by atoms with Gasteiger partial charge >= 0.3 is 0 Å². The molecule has 0 fully saturated rings. The maximum absolute atomic E-state index is 5.72. The minimum Gasteiger partial charge on any atom is -0.497 e. The second kappa shape index (κ2) is 9.04. The van der Waals surface area contributed by atoms with Gasteiger partial charge < -0.3 is 18.6 Å². The van der Waals surface area contributed by atoms with Crippen molar-refractivity contribution in [1.29, 1.82) is 0 Å². The van der Waals surface area contributed by atoms with Crippen LogP contribution in [0.2, 0.25) is 0 Å². The molecular weight excluding hydrogens is 292 g/mol. The molecule has 0 amide bonds. The molecule has 1 atom stereocenters. The van der Waals surface area contributed by atoms with Crippen LogP contribution in [0.5, 0.6) is 5.75 Å². The van der Waals surface area contributed by atoms with Crippen molar-refractivity contribution < 1.29 is 18.6 Å². The third kappa shape index (κ3) is 5.48. The standard InChI is InChI=1S/C19H22O4/c1-4-12-22-18(19-10-5-15(2)23-19)11-13-21-14-16-6-8-17(20-3)9-7-16/h1,5-10,18H,11-14H2,2-3H3. The molecule has 0 saturated heterocycles. The fraction of sp³-hybridized carbons (Fsp3) is 0.368. The van der Waals surface area contributed by atoms with Crippen LogP contribution < -0.4 is 4.74 Å². The van der Waals surface area contributed by atoms with Crippen molar-refractivity contribution in [2.45, 2.75) is 26.1 Å². The Kier molecular flexibility index (Phi) is 6.74. The second-order valence-corrected chi connectivity index (χ2v) is 5.14. The molecule has 4 heteroatoms. The summed E-state index contributed by atoms with van der Waals surface area (Å²) in [6.07, 6.45) is 5.77. The maximum atomic E-state index is 5.72. The average molecular weight is 314 g/mol. The molecule has 1 unspecified atom stereocenters. The zero-order valence-corrected chi connectivity index (χ0v) is 13.6. The van der Waals surface area contributed by atoms with Crippen LogP contribution in [-0.2, 0) is 16.1 Å². The van der Waals surface area contributed by atoms with Crippen LogP contribution in [0.15, 0.2) is 40.8 Å². The SMILES string of the molecule is C#CCOC(CCOCc1ccc(OC)cc1)c1ccc(C)o1. The van der Waals surface area contributed by atoms with Crippen LogP contribution >= 0.6 is 0 Å². The molecular formula is C19H22O4. The van der Waals surface area contributed by atoms with Gasteiger partial charge in [0.25, 0.3) is 0 Å². The van der Waals surface area contributed by atoms with Crippen molar-refractivity contribution in [3.05, 3.63) is 53.5 Å². The second-order valence-electron chi connectivity index (χ2n) is 5.14. The zero-order valence-electron chi connectivity index (χ0n) is 13.6. The third-order valence-electron chi connectivity index (χ3n) is 3.40. The summed E-state index contributed by atoms with van der Waals surface area (Å²) in [6, 6.07) is 11.6. The number of methoxy groups -OCH3 is 1. The van der Waals surface area contributed by atoms with E-state index >= 15 is 0 Å². The molecule has 1 aromatic carbocycles. The lowest BCUT2D eigenvalue weighted by Gasteiger charge is -2.14. The van der Waals surface area contributed by atoms with Gasteiger partial charge in [-0.1, -0.05) is 18.1 Å². The molecule has 0 spiro atoms. The fourth-order valence-electron chi connectivity index (χ4n) is 2.19. The van der Waals surface area contributed by atoms with Gasteiger partial charge in [-0.05, 0) is 36.8 Å². The summed E-state index contributed by atoms with van der Waals surface area (Å²) in [5, 5.41) is 0. The first-order valence-electron chi connectivity index (χ1n) is 7.55. The van der Waals surface area contributed by atoms with E-state index < -0.39 is 0 Å². The summed E-state index contributed by atoms with van der Waals surface area (Å²) < 4.78 is 22.1. The van der Waals surface area contributed by atoms with Gasteiger partial charge in [0.15, 0.2) is 0 Å². The van der Waals surface area contributed by atoms with Crippen molar-refractivity contribution in [2.24, 2.45) is 0 Å². The van der Waals surface area contributed by atoms with E-state index in [1.54, 1.807) is 7.11 Å². The maximum Gasteiger partial charge on any atom is 0.133 e. The van der Waals surface area contributed by atoms with Gasteiger partial charge in [0.2, 0.25) is 0 Å². The number of hydrogen-bond donors (Lipinski definition) is 0. The zero-order chi connectivity index (χ0) is 16.5. The van der Waals surface area contributed by atoms with Crippen molar-refractivity contribution in [3.63, 3.8) is 0 Å². The number of benzene rings is 1. The summed E-state index contributed by atoms with van der Waals surface area (Å²) in [5.41, 5.74) is 1.10. The molecule has 4 nitrogen and oxygen atoms in total. The van der Waals surface area contributed by atoms with E-state index in [0.29, 0.717) is 19.6 Å². The predicted molar refractivity (Wildman–Crippen MR) is 88.2 cm³/mol. The molecule has 0 radical (unpaired) electrons. The molecule has 0 aliphatic heterocycles. The fourth-order valence-corrected chi connectivity index (χ4v) is 2.19. The molecule has 0 bridgehead atoms. The first-order valence-corrected chi connectivity index (χ1v) is 7.55. The van der Waals surface area contributed by atoms with Gasteiger partial charge in [-0.25, -0.2) is 0 Å². The van der Waals surface area contributed by atoms with E-state index in [0.717, 1.165) is 22.8 Å². The molecule has 1 aromatic heterocycles. The van der Waals surface area contributed by atoms with Gasteiger partial charge in [0.1, 0.15) is 30.0 Å².